The fourth-order valence-corrected chi connectivity index (χ4v) is 2.65. The number of halogens is 3. The predicted molar refractivity (Wildman–Crippen MR) is 65.1 cm³/mol. The first-order valence-electron chi connectivity index (χ1n) is 6.04. The van der Waals surface area contributed by atoms with Gasteiger partial charge in [-0.05, 0) is 30.7 Å². The molecule has 1 aromatic carbocycles. The Labute approximate surface area is 108 Å². The third kappa shape index (κ3) is 2.16. The van der Waals surface area contributed by atoms with Crippen LogP contribution in [0.25, 0.3) is 10.9 Å². The van der Waals surface area contributed by atoms with E-state index in [0.29, 0.717) is 6.67 Å². The lowest BCUT2D eigenvalue weighted by Gasteiger charge is -2.18. The molecule has 19 heavy (non-hydrogen) atoms. The minimum absolute atomic E-state index is 0.168. The van der Waals surface area contributed by atoms with E-state index in [-0.39, 0.29) is 5.75 Å². The SMILES string of the molecule is Cc1c2n(c3ccc(OC(F)(F)F)cc13)CNCC2. The van der Waals surface area contributed by atoms with Crippen molar-refractivity contribution in [3.8, 4) is 5.75 Å². The summed E-state index contributed by atoms with van der Waals surface area (Å²) in [6, 6.07) is 4.50. The number of hydrogen-bond donors (Lipinski definition) is 1. The van der Waals surface area contributed by atoms with Crippen molar-refractivity contribution < 1.29 is 17.9 Å². The van der Waals surface area contributed by atoms with Crippen molar-refractivity contribution in [2.24, 2.45) is 0 Å². The monoisotopic (exact) mass is 270 g/mol. The molecule has 1 aliphatic rings. The largest absolute Gasteiger partial charge is 0.573 e. The van der Waals surface area contributed by atoms with Gasteiger partial charge in [0.1, 0.15) is 5.75 Å². The van der Waals surface area contributed by atoms with Gasteiger partial charge in [0, 0.05) is 29.6 Å². The number of rotatable bonds is 1. The third-order valence-corrected chi connectivity index (χ3v) is 3.46. The molecule has 0 radical (unpaired) electrons. The number of hydrogen-bond acceptors (Lipinski definition) is 2. The minimum atomic E-state index is -4.65. The van der Waals surface area contributed by atoms with Crippen LogP contribution in [0.1, 0.15) is 11.3 Å². The molecule has 1 aliphatic heterocycles. The van der Waals surface area contributed by atoms with Gasteiger partial charge in [-0.3, -0.25) is 5.32 Å². The smallest absolute Gasteiger partial charge is 0.406 e. The molecule has 3 rings (SSSR count). The molecule has 1 N–H and O–H groups in total. The van der Waals surface area contributed by atoms with Crippen LogP contribution in [-0.2, 0) is 13.1 Å². The Hall–Kier alpha value is -1.69. The maximum absolute atomic E-state index is 12.2. The van der Waals surface area contributed by atoms with Gasteiger partial charge < -0.3 is 9.30 Å². The van der Waals surface area contributed by atoms with E-state index < -0.39 is 6.36 Å². The number of nitrogens with zero attached hydrogens (tertiary/aromatic N) is 1. The maximum atomic E-state index is 12.2. The zero-order chi connectivity index (χ0) is 13.6. The van der Waals surface area contributed by atoms with Gasteiger partial charge in [0.25, 0.3) is 0 Å². The van der Waals surface area contributed by atoms with Crippen molar-refractivity contribution in [2.75, 3.05) is 6.54 Å². The molecule has 0 atom stereocenters. The molecule has 0 fully saturated rings. The van der Waals surface area contributed by atoms with E-state index in [1.54, 1.807) is 6.07 Å². The lowest BCUT2D eigenvalue weighted by molar-refractivity contribution is -0.274. The Morgan fingerprint density at radius 1 is 1.32 bits per heavy atom. The van der Waals surface area contributed by atoms with Crippen molar-refractivity contribution in [2.45, 2.75) is 26.4 Å². The van der Waals surface area contributed by atoms with Crippen LogP contribution in [0.3, 0.4) is 0 Å². The number of fused-ring (bicyclic) bond motifs is 3. The molecular weight excluding hydrogens is 257 g/mol. The second-order valence-corrected chi connectivity index (χ2v) is 4.63. The van der Waals surface area contributed by atoms with E-state index in [2.05, 4.69) is 14.6 Å². The number of aromatic nitrogens is 1. The molecule has 102 valence electrons. The first kappa shape index (κ1) is 12.3. The Morgan fingerprint density at radius 3 is 2.84 bits per heavy atom. The Kier molecular flexibility index (Phi) is 2.70. The molecule has 0 saturated heterocycles. The van der Waals surface area contributed by atoms with Crippen LogP contribution in [0, 0.1) is 6.92 Å². The summed E-state index contributed by atoms with van der Waals surface area (Å²) >= 11 is 0. The summed E-state index contributed by atoms with van der Waals surface area (Å²) in [5.74, 6) is -0.168. The first-order chi connectivity index (χ1) is 8.96. The summed E-state index contributed by atoms with van der Waals surface area (Å²) in [7, 11) is 0. The Balaban J connectivity index is 2.11. The van der Waals surface area contributed by atoms with E-state index in [0.717, 1.165) is 29.4 Å². The fourth-order valence-electron chi connectivity index (χ4n) is 2.65. The van der Waals surface area contributed by atoms with E-state index in [4.69, 9.17) is 0 Å². The maximum Gasteiger partial charge on any atom is 0.573 e. The van der Waals surface area contributed by atoms with E-state index >= 15 is 0 Å². The van der Waals surface area contributed by atoms with Gasteiger partial charge in [-0.1, -0.05) is 0 Å². The highest BCUT2D eigenvalue weighted by Gasteiger charge is 2.31. The summed E-state index contributed by atoms with van der Waals surface area (Å²) in [6.45, 7) is 3.53. The van der Waals surface area contributed by atoms with Crippen molar-refractivity contribution in [1.29, 1.82) is 0 Å². The van der Waals surface area contributed by atoms with Crippen molar-refractivity contribution in [3.63, 3.8) is 0 Å². The molecule has 0 bridgehead atoms. The number of nitrogens with one attached hydrogen (secondary N) is 1. The Morgan fingerprint density at radius 2 is 2.11 bits per heavy atom. The average molecular weight is 270 g/mol. The number of alkyl halides is 3. The van der Waals surface area contributed by atoms with Crippen LogP contribution in [0.4, 0.5) is 13.2 Å². The van der Waals surface area contributed by atoms with Crippen LogP contribution in [0.5, 0.6) is 5.75 Å². The summed E-state index contributed by atoms with van der Waals surface area (Å²) < 4.78 is 42.8. The van der Waals surface area contributed by atoms with Gasteiger partial charge in [-0.15, -0.1) is 13.2 Å². The lowest BCUT2D eigenvalue weighted by atomic mass is 10.1. The highest BCUT2D eigenvalue weighted by Crippen LogP contribution is 2.32. The zero-order valence-electron chi connectivity index (χ0n) is 10.3. The molecule has 3 nitrogen and oxygen atoms in total. The van der Waals surface area contributed by atoms with Gasteiger partial charge in [0.2, 0.25) is 0 Å². The van der Waals surface area contributed by atoms with Crippen molar-refractivity contribution in [3.05, 3.63) is 29.5 Å². The van der Waals surface area contributed by atoms with E-state index in [1.165, 1.54) is 17.8 Å². The highest BCUT2D eigenvalue weighted by molar-refractivity contribution is 5.86. The fraction of sp³-hybridized carbons (Fsp3) is 0.385. The second-order valence-electron chi connectivity index (χ2n) is 4.63. The van der Waals surface area contributed by atoms with Crippen molar-refractivity contribution >= 4 is 10.9 Å². The molecule has 0 saturated carbocycles. The molecular formula is C13H13F3N2O. The topological polar surface area (TPSA) is 26.2 Å². The molecule has 0 amide bonds. The molecule has 0 aliphatic carbocycles. The average Bonchev–Trinajstić information content (AvgIpc) is 2.62. The molecule has 1 aromatic heterocycles. The standard InChI is InChI=1S/C13H13F3N2O/c1-8-10-6-9(19-13(14,15)16)2-3-12(10)18-7-17-5-4-11(8)18/h2-3,6,17H,4-5,7H2,1H3. The van der Waals surface area contributed by atoms with Crippen LogP contribution in [0.15, 0.2) is 18.2 Å². The third-order valence-electron chi connectivity index (χ3n) is 3.46. The molecule has 6 heteroatoms. The second kappa shape index (κ2) is 4.16. The van der Waals surface area contributed by atoms with Gasteiger partial charge >= 0.3 is 6.36 Å². The van der Waals surface area contributed by atoms with Crippen LogP contribution in [-0.4, -0.2) is 17.5 Å². The Bertz CT molecular complexity index is 631. The quantitative estimate of drug-likeness (QED) is 0.862. The molecule has 0 spiro atoms. The van der Waals surface area contributed by atoms with E-state index in [9.17, 15) is 13.2 Å². The summed E-state index contributed by atoms with van der Waals surface area (Å²) in [5.41, 5.74) is 3.15. The molecule has 0 unspecified atom stereocenters. The zero-order valence-corrected chi connectivity index (χ0v) is 10.3. The lowest BCUT2D eigenvalue weighted by Crippen LogP contribution is -2.28. The molecule has 2 heterocycles. The highest BCUT2D eigenvalue weighted by atomic mass is 19.4. The number of benzene rings is 1. The molecule has 2 aromatic rings. The summed E-state index contributed by atoms with van der Waals surface area (Å²) in [4.78, 5) is 0. The van der Waals surface area contributed by atoms with Gasteiger partial charge in [0.05, 0.1) is 6.67 Å². The summed E-state index contributed by atoms with van der Waals surface area (Å²) in [5, 5.41) is 4.07. The minimum Gasteiger partial charge on any atom is -0.406 e. The number of aryl methyl sites for hydroxylation is 1. The van der Waals surface area contributed by atoms with Crippen molar-refractivity contribution in [1.82, 2.24) is 9.88 Å². The number of ether oxygens (including phenoxy) is 1. The predicted octanol–water partition coefficient (Wildman–Crippen LogP) is 2.95. The normalized spacial score (nSPS) is 15.6. The summed E-state index contributed by atoms with van der Waals surface area (Å²) in [6.07, 6.45) is -3.77. The van der Waals surface area contributed by atoms with Gasteiger partial charge in [-0.2, -0.15) is 0 Å². The van der Waals surface area contributed by atoms with Gasteiger partial charge in [-0.25, -0.2) is 0 Å². The van der Waals surface area contributed by atoms with Crippen LogP contribution in [0.2, 0.25) is 0 Å². The van der Waals surface area contributed by atoms with Gasteiger partial charge in [0.15, 0.2) is 0 Å². The van der Waals surface area contributed by atoms with E-state index in [1.807, 2.05) is 6.92 Å². The first-order valence-corrected chi connectivity index (χ1v) is 6.04. The van der Waals surface area contributed by atoms with Crippen LogP contribution < -0.4 is 10.1 Å². The van der Waals surface area contributed by atoms with Crippen LogP contribution >= 0.6 is 0 Å².